The second-order valence-corrected chi connectivity index (χ2v) is 4.69. The Labute approximate surface area is 131 Å². The lowest BCUT2D eigenvalue weighted by atomic mass is 10.00. The molecular formula is C16H13FN4O2. The van der Waals surface area contributed by atoms with Crippen LogP contribution in [0, 0.1) is 5.82 Å². The molecule has 0 saturated heterocycles. The van der Waals surface area contributed by atoms with Crippen molar-refractivity contribution in [2.45, 2.75) is 6.61 Å². The van der Waals surface area contributed by atoms with Gasteiger partial charge in [-0.25, -0.2) is 19.3 Å². The maximum Gasteiger partial charge on any atom is 0.426 e. The molecule has 0 aliphatic heterocycles. The molecule has 0 aliphatic rings. The number of amides is 1. The maximum absolute atomic E-state index is 14.0. The van der Waals surface area contributed by atoms with E-state index in [9.17, 15) is 9.18 Å². The van der Waals surface area contributed by atoms with Gasteiger partial charge in [0.2, 0.25) is 0 Å². The molecule has 23 heavy (non-hydrogen) atoms. The molecule has 1 amide bonds. The lowest BCUT2D eigenvalue weighted by Gasteiger charge is -2.11. The van der Waals surface area contributed by atoms with Gasteiger partial charge in [0.15, 0.2) is 0 Å². The summed E-state index contributed by atoms with van der Waals surface area (Å²) >= 11 is 0. The summed E-state index contributed by atoms with van der Waals surface area (Å²) in [5.74, 6) is -0.325. The predicted molar refractivity (Wildman–Crippen MR) is 81.4 cm³/mol. The molecule has 0 fully saturated rings. The highest BCUT2D eigenvalue weighted by molar-refractivity contribution is 5.76. The van der Waals surface area contributed by atoms with Crippen LogP contribution in [-0.2, 0) is 11.3 Å². The van der Waals surface area contributed by atoms with E-state index in [1.807, 2.05) is 6.07 Å². The Bertz CT molecular complexity index is 805. The number of halogens is 1. The van der Waals surface area contributed by atoms with Crippen LogP contribution in [0.5, 0.6) is 0 Å². The van der Waals surface area contributed by atoms with Gasteiger partial charge in [-0.2, -0.15) is 0 Å². The molecule has 3 rings (SSSR count). The fourth-order valence-electron chi connectivity index (χ4n) is 2.13. The Morgan fingerprint density at radius 1 is 1.04 bits per heavy atom. The topological polar surface area (TPSA) is 69.0 Å². The normalized spacial score (nSPS) is 10.3. The van der Waals surface area contributed by atoms with Crippen LogP contribution in [0.1, 0.15) is 5.56 Å². The summed E-state index contributed by atoms with van der Waals surface area (Å²) in [5.41, 5.74) is 4.27. The zero-order valence-electron chi connectivity index (χ0n) is 12.0. The van der Waals surface area contributed by atoms with Gasteiger partial charge in [-0.1, -0.05) is 42.5 Å². The van der Waals surface area contributed by atoms with Crippen molar-refractivity contribution < 1.29 is 13.9 Å². The van der Waals surface area contributed by atoms with E-state index in [0.29, 0.717) is 16.7 Å². The highest BCUT2D eigenvalue weighted by Gasteiger charge is 2.11. The van der Waals surface area contributed by atoms with E-state index in [2.05, 4.69) is 15.6 Å². The molecule has 0 saturated carbocycles. The first-order chi connectivity index (χ1) is 11.2. The number of nitrogens with one attached hydrogen (secondary N) is 1. The summed E-state index contributed by atoms with van der Waals surface area (Å²) in [5, 5.41) is 7.12. The van der Waals surface area contributed by atoms with Gasteiger partial charge in [-0.3, -0.25) is 0 Å². The Balaban J connectivity index is 1.74. The third kappa shape index (κ3) is 3.52. The van der Waals surface area contributed by atoms with Crippen LogP contribution < -0.4 is 5.43 Å². The van der Waals surface area contributed by atoms with Crippen LogP contribution in [0.2, 0.25) is 0 Å². The Kier molecular flexibility index (Phi) is 4.28. The number of hydrogen-bond donors (Lipinski definition) is 1. The van der Waals surface area contributed by atoms with E-state index in [4.69, 9.17) is 4.74 Å². The van der Waals surface area contributed by atoms with E-state index in [1.165, 1.54) is 23.4 Å². The van der Waals surface area contributed by atoms with E-state index < -0.39 is 6.09 Å². The minimum absolute atomic E-state index is 0.0124. The van der Waals surface area contributed by atoms with Crippen LogP contribution in [0.25, 0.3) is 11.1 Å². The molecular weight excluding hydrogens is 299 g/mol. The molecule has 0 bridgehead atoms. The van der Waals surface area contributed by atoms with Gasteiger partial charge in [-0.15, -0.1) is 10.2 Å². The summed E-state index contributed by atoms with van der Waals surface area (Å²) in [6.45, 7) is 0.0124. The first kappa shape index (κ1) is 14.7. The summed E-state index contributed by atoms with van der Waals surface area (Å²) in [7, 11) is 0. The SMILES string of the molecule is O=C(Nn1cnnc1)OCc1ccccc1-c1ccccc1F. The second kappa shape index (κ2) is 6.69. The summed E-state index contributed by atoms with van der Waals surface area (Å²) < 4.78 is 20.4. The number of carbonyl (C=O) groups is 1. The van der Waals surface area contributed by atoms with Crippen LogP contribution >= 0.6 is 0 Å². The van der Waals surface area contributed by atoms with Crippen LogP contribution in [0.15, 0.2) is 61.2 Å². The molecule has 6 nitrogen and oxygen atoms in total. The predicted octanol–water partition coefficient (Wildman–Crippen LogP) is 2.96. The molecule has 0 spiro atoms. The number of rotatable bonds is 4. The van der Waals surface area contributed by atoms with E-state index in [-0.39, 0.29) is 12.4 Å². The number of nitrogens with zero attached hydrogens (tertiary/aromatic N) is 3. The average Bonchev–Trinajstić information content (AvgIpc) is 3.07. The van der Waals surface area contributed by atoms with Crippen molar-refractivity contribution in [1.82, 2.24) is 14.9 Å². The van der Waals surface area contributed by atoms with E-state index in [0.717, 1.165) is 0 Å². The smallest absolute Gasteiger partial charge is 0.426 e. The average molecular weight is 312 g/mol. The molecule has 7 heteroatoms. The van der Waals surface area contributed by atoms with Crippen molar-refractivity contribution in [3.63, 3.8) is 0 Å². The molecule has 3 aromatic rings. The monoisotopic (exact) mass is 312 g/mol. The summed E-state index contributed by atoms with van der Waals surface area (Å²) in [4.78, 5) is 11.7. The zero-order valence-corrected chi connectivity index (χ0v) is 12.0. The number of hydrogen-bond acceptors (Lipinski definition) is 4. The standard InChI is InChI=1S/C16H13FN4O2/c17-15-8-4-3-7-14(15)13-6-2-1-5-12(13)9-23-16(22)20-21-10-18-19-11-21/h1-8,10-11H,9H2,(H,20,22). The number of aromatic nitrogens is 3. The van der Waals surface area contributed by atoms with Gasteiger partial charge >= 0.3 is 6.09 Å². The zero-order chi connectivity index (χ0) is 16.1. The molecule has 0 aliphatic carbocycles. The first-order valence-corrected chi connectivity index (χ1v) is 6.85. The third-order valence-electron chi connectivity index (χ3n) is 3.18. The number of benzene rings is 2. The van der Waals surface area contributed by atoms with Crippen LogP contribution in [-0.4, -0.2) is 21.0 Å². The molecule has 0 unspecified atom stereocenters. The van der Waals surface area contributed by atoms with Gasteiger partial charge in [0.25, 0.3) is 0 Å². The van der Waals surface area contributed by atoms with Gasteiger partial charge in [-0.05, 0) is 17.2 Å². The number of ether oxygens (including phenoxy) is 1. The fraction of sp³-hybridized carbons (Fsp3) is 0.0625. The second-order valence-electron chi connectivity index (χ2n) is 4.69. The lowest BCUT2D eigenvalue weighted by molar-refractivity contribution is 0.152. The molecule has 1 aromatic heterocycles. The highest BCUT2D eigenvalue weighted by Crippen LogP contribution is 2.26. The molecule has 1 N–H and O–H groups in total. The van der Waals surface area contributed by atoms with Crippen molar-refractivity contribution in [2.24, 2.45) is 0 Å². The van der Waals surface area contributed by atoms with Crippen molar-refractivity contribution in [3.05, 3.63) is 72.6 Å². The first-order valence-electron chi connectivity index (χ1n) is 6.85. The maximum atomic E-state index is 14.0. The van der Waals surface area contributed by atoms with Crippen molar-refractivity contribution in [1.29, 1.82) is 0 Å². The van der Waals surface area contributed by atoms with E-state index in [1.54, 1.807) is 36.4 Å². The van der Waals surface area contributed by atoms with Gasteiger partial charge in [0, 0.05) is 5.56 Å². The molecule has 2 aromatic carbocycles. The largest absolute Gasteiger partial charge is 0.443 e. The minimum Gasteiger partial charge on any atom is -0.443 e. The van der Waals surface area contributed by atoms with Crippen molar-refractivity contribution >= 4 is 6.09 Å². The summed E-state index contributed by atoms with van der Waals surface area (Å²) in [6.07, 6.45) is 2.00. The molecule has 1 heterocycles. The molecule has 0 atom stereocenters. The van der Waals surface area contributed by atoms with Crippen LogP contribution in [0.3, 0.4) is 0 Å². The third-order valence-corrected chi connectivity index (χ3v) is 3.18. The lowest BCUT2D eigenvalue weighted by Crippen LogP contribution is -2.22. The molecule has 0 radical (unpaired) electrons. The van der Waals surface area contributed by atoms with E-state index >= 15 is 0 Å². The van der Waals surface area contributed by atoms with Crippen molar-refractivity contribution in [3.8, 4) is 11.1 Å². The summed E-state index contributed by atoms with van der Waals surface area (Å²) in [6, 6.07) is 13.7. The Hall–Kier alpha value is -3.22. The Morgan fingerprint density at radius 3 is 2.43 bits per heavy atom. The van der Waals surface area contributed by atoms with Gasteiger partial charge in [0.05, 0.1) is 0 Å². The minimum atomic E-state index is -0.659. The number of carbonyl (C=O) groups excluding carboxylic acids is 1. The van der Waals surface area contributed by atoms with Gasteiger partial charge in [0.1, 0.15) is 25.1 Å². The van der Waals surface area contributed by atoms with Crippen molar-refractivity contribution in [2.75, 3.05) is 5.43 Å². The van der Waals surface area contributed by atoms with Crippen LogP contribution in [0.4, 0.5) is 9.18 Å². The highest BCUT2D eigenvalue weighted by atomic mass is 19.1. The Morgan fingerprint density at radius 2 is 1.70 bits per heavy atom. The van der Waals surface area contributed by atoms with Gasteiger partial charge < -0.3 is 4.74 Å². The fourth-order valence-corrected chi connectivity index (χ4v) is 2.13. The molecule has 116 valence electrons. The quantitative estimate of drug-likeness (QED) is 0.804.